The van der Waals surface area contributed by atoms with Gasteiger partial charge in [-0.05, 0) is 99.9 Å². The molecule has 8 N–H and O–H groups in total. The van der Waals surface area contributed by atoms with E-state index in [2.05, 4.69) is 84.1 Å². The number of rotatable bonds is 10. The highest BCUT2D eigenvalue weighted by atomic mass is 32.1. The van der Waals surface area contributed by atoms with Crippen molar-refractivity contribution in [1.29, 1.82) is 0 Å². The van der Waals surface area contributed by atoms with Crippen LogP contribution in [-0.2, 0) is 19.3 Å². The third-order valence-corrected chi connectivity index (χ3v) is 8.23. The summed E-state index contributed by atoms with van der Waals surface area (Å²) in [5.41, 5.74) is 33.3. The fraction of sp³-hybridized carbons (Fsp3) is 0.250. The van der Waals surface area contributed by atoms with E-state index in [1.54, 1.807) is 22.7 Å². The largest absolute Gasteiger partial charge is 0.333 e. The van der Waals surface area contributed by atoms with Crippen molar-refractivity contribution < 1.29 is 0 Å². The van der Waals surface area contributed by atoms with Crippen LogP contribution in [0.1, 0.15) is 22.3 Å². The zero-order valence-electron chi connectivity index (χ0n) is 23.2. The van der Waals surface area contributed by atoms with Crippen LogP contribution < -0.4 is 22.9 Å². The Morgan fingerprint density at radius 1 is 0.575 bits per heavy atom. The molecule has 40 heavy (non-hydrogen) atoms. The molecule has 0 amide bonds. The second kappa shape index (κ2) is 14.4. The lowest BCUT2D eigenvalue weighted by Gasteiger charge is -2.07. The van der Waals surface area contributed by atoms with Gasteiger partial charge in [-0.25, -0.2) is 9.97 Å². The first kappa shape index (κ1) is 29.7. The lowest BCUT2D eigenvalue weighted by Crippen LogP contribution is -2.06. The summed E-state index contributed by atoms with van der Waals surface area (Å²) in [6.45, 7) is 4.01. The summed E-state index contributed by atoms with van der Waals surface area (Å²) in [7, 11) is 1.50. The molecule has 0 unspecified atom stereocenters. The normalized spacial score (nSPS) is 10.8. The van der Waals surface area contributed by atoms with Gasteiger partial charge in [-0.15, -0.1) is 22.7 Å². The number of hydrogen-bond donors (Lipinski definition) is 4. The first-order chi connectivity index (χ1) is 19.6. The standard InChI is InChI=1S/C31H33N5S2.CH5N/c1-20-11-21(5-8-32)14-26(12-20)28-18-37-30(35-28)24-3-2-4-25(17-24)31-36-29(19-38-31)27-15-22(6-9-33)13-23(16-27)7-10-34;1-2/h2-4,11-19H,5-10,32-34H2,1H3;2H2,1H3. The number of nitrogens with zero attached hydrogens (tertiary/aromatic N) is 2. The van der Waals surface area contributed by atoms with Gasteiger partial charge in [0.15, 0.2) is 0 Å². The Labute approximate surface area is 245 Å². The molecule has 0 radical (unpaired) electrons. The summed E-state index contributed by atoms with van der Waals surface area (Å²) in [6.07, 6.45) is 2.56. The SMILES string of the molecule is CN.Cc1cc(CCN)cc(-c2csc(-c3cccc(-c4nc(-c5cc(CCN)cc(CCN)c5)cs4)c3)n2)c1. The Morgan fingerprint density at radius 3 is 1.50 bits per heavy atom. The van der Waals surface area contributed by atoms with Crippen molar-refractivity contribution in [3.63, 3.8) is 0 Å². The maximum atomic E-state index is 5.83. The zero-order chi connectivity index (χ0) is 28.5. The van der Waals surface area contributed by atoms with E-state index in [0.717, 1.165) is 62.9 Å². The highest BCUT2D eigenvalue weighted by molar-refractivity contribution is 7.14. The fourth-order valence-corrected chi connectivity index (χ4v) is 6.37. The molecule has 2 aromatic heterocycles. The van der Waals surface area contributed by atoms with Crippen molar-refractivity contribution in [2.75, 3.05) is 26.7 Å². The van der Waals surface area contributed by atoms with E-state index in [-0.39, 0.29) is 0 Å². The molecule has 0 bridgehead atoms. The van der Waals surface area contributed by atoms with Gasteiger partial charge >= 0.3 is 0 Å². The Bertz CT molecular complexity index is 1510. The molecule has 0 spiro atoms. The second-order valence-electron chi connectivity index (χ2n) is 9.52. The van der Waals surface area contributed by atoms with Gasteiger partial charge in [-0.3, -0.25) is 0 Å². The van der Waals surface area contributed by atoms with E-state index < -0.39 is 0 Å². The topological polar surface area (TPSA) is 130 Å². The molecule has 0 aliphatic carbocycles. The highest BCUT2D eigenvalue weighted by Crippen LogP contribution is 2.34. The summed E-state index contributed by atoms with van der Waals surface area (Å²) >= 11 is 3.33. The average Bonchev–Trinajstić information content (AvgIpc) is 3.66. The van der Waals surface area contributed by atoms with Gasteiger partial charge in [0.25, 0.3) is 0 Å². The van der Waals surface area contributed by atoms with Gasteiger partial charge in [-0.2, -0.15) is 0 Å². The van der Waals surface area contributed by atoms with Crippen LogP contribution in [0.5, 0.6) is 0 Å². The predicted octanol–water partition coefficient (Wildman–Crippen LogP) is 5.65. The number of aromatic nitrogens is 2. The molecule has 8 heteroatoms. The molecule has 208 valence electrons. The highest BCUT2D eigenvalue weighted by Gasteiger charge is 2.12. The van der Waals surface area contributed by atoms with Crippen molar-refractivity contribution in [2.45, 2.75) is 26.2 Å². The van der Waals surface area contributed by atoms with E-state index in [4.69, 9.17) is 27.2 Å². The lowest BCUT2D eigenvalue weighted by molar-refractivity contribution is 0.941. The third-order valence-electron chi connectivity index (χ3n) is 6.45. The summed E-state index contributed by atoms with van der Waals surface area (Å²) in [5.74, 6) is 0. The van der Waals surface area contributed by atoms with Gasteiger partial charge in [0.2, 0.25) is 0 Å². The first-order valence-electron chi connectivity index (χ1n) is 13.5. The van der Waals surface area contributed by atoms with E-state index in [9.17, 15) is 0 Å². The second-order valence-corrected chi connectivity index (χ2v) is 11.2. The number of benzene rings is 3. The molecular weight excluding hydrogens is 533 g/mol. The molecule has 5 aromatic rings. The van der Waals surface area contributed by atoms with Crippen LogP contribution in [0.2, 0.25) is 0 Å². The summed E-state index contributed by atoms with van der Waals surface area (Å²) in [4.78, 5) is 9.99. The fourth-order valence-electron chi connectivity index (χ4n) is 4.72. The summed E-state index contributed by atoms with van der Waals surface area (Å²) in [5, 5.41) is 6.26. The molecule has 0 saturated carbocycles. The quantitative estimate of drug-likeness (QED) is 0.172. The van der Waals surface area contributed by atoms with Crippen molar-refractivity contribution in [3.05, 3.63) is 93.7 Å². The number of aryl methyl sites for hydroxylation is 1. The number of hydrogen-bond acceptors (Lipinski definition) is 8. The van der Waals surface area contributed by atoms with Crippen LogP contribution in [0.4, 0.5) is 0 Å². The molecule has 6 nitrogen and oxygen atoms in total. The van der Waals surface area contributed by atoms with Crippen molar-refractivity contribution in [2.24, 2.45) is 22.9 Å². The monoisotopic (exact) mass is 570 g/mol. The minimum absolute atomic E-state index is 0.623. The molecule has 5 rings (SSSR count). The smallest absolute Gasteiger partial charge is 0.124 e. The van der Waals surface area contributed by atoms with Gasteiger partial charge in [-0.1, -0.05) is 35.9 Å². The Balaban J connectivity index is 0.00000181. The number of nitrogens with two attached hydrogens (primary N) is 4. The van der Waals surface area contributed by atoms with E-state index in [1.165, 1.54) is 29.3 Å². The van der Waals surface area contributed by atoms with Gasteiger partial charge in [0.05, 0.1) is 11.4 Å². The van der Waals surface area contributed by atoms with Crippen LogP contribution in [0.25, 0.3) is 43.7 Å². The van der Waals surface area contributed by atoms with Crippen molar-refractivity contribution >= 4 is 22.7 Å². The molecule has 0 atom stereocenters. The third kappa shape index (κ3) is 7.28. The Kier molecular flexibility index (Phi) is 10.7. The maximum Gasteiger partial charge on any atom is 0.124 e. The summed E-state index contributed by atoms with van der Waals surface area (Å²) in [6, 6.07) is 21.7. The molecule has 0 saturated heterocycles. The van der Waals surface area contributed by atoms with Gasteiger partial charge in [0.1, 0.15) is 10.0 Å². The van der Waals surface area contributed by atoms with Crippen LogP contribution in [0.15, 0.2) is 71.4 Å². The van der Waals surface area contributed by atoms with Crippen LogP contribution in [0, 0.1) is 6.92 Å². The van der Waals surface area contributed by atoms with E-state index in [0.29, 0.717) is 19.6 Å². The molecule has 0 aliphatic rings. The first-order valence-corrected chi connectivity index (χ1v) is 15.3. The maximum absolute atomic E-state index is 5.83. The molecule has 0 fully saturated rings. The molecule has 0 aliphatic heterocycles. The van der Waals surface area contributed by atoms with Crippen LogP contribution in [-0.4, -0.2) is 36.6 Å². The van der Waals surface area contributed by atoms with Gasteiger partial charge in [0, 0.05) is 33.0 Å². The zero-order valence-corrected chi connectivity index (χ0v) is 24.8. The minimum Gasteiger partial charge on any atom is -0.333 e. The van der Waals surface area contributed by atoms with Gasteiger partial charge < -0.3 is 22.9 Å². The van der Waals surface area contributed by atoms with Crippen molar-refractivity contribution in [3.8, 4) is 43.7 Å². The average molecular weight is 571 g/mol. The van der Waals surface area contributed by atoms with Crippen molar-refractivity contribution in [1.82, 2.24) is 9.97 Å². The molecular formula is C32H38N6S2. The summed E-state index contributed by atoms with van der Waals surface area (Å²) < 4.78 is 0. The predicted molar refractivity (Wildman–Crippen MR) is 173 cm³/mol. The molecule has 3 aromatic carbocycles. The van der Waals surface area contributed by atoms with E-state index >= 15 is 0 Å². The van der Waals surface area contributed by atoms with Crippen LogP contribution >= 0.6 is 22.7 Å². The lowest BCUT2D eigenvalue weighted by atomic mass is 10.0. The number of thiazole rings is 2. The Morgan fingerprint density at radius 2 is 1.02 bits per heavy atom. The Hall–Kier alpha value is -3.24. The van der Waals surface area contributed by atoms with Crippen LogP contribution in [0.3, 0.4) is 0 Å². The minimum atomic E-state index is 0.623. The molecule has 2 heterocycles. The van der Waals surface area contributed by atoms with E-state index in [1.807, 2.05) is 0 Å².